The van der Waals surface area contributed by atoms with Gasteiger partial charge in [0.2, 0.25) is 0 Å². The fraction of sp³-hybridized carbons (Fsp3) is 0.944. The van der Waals surface area contributed by atoms with E-state index in [0.29, 0.717) is 12.5 Å². The van der Waals surface area contributed by atoms with Gasteiger partial charge in [-0.1, -0.05) is 78.1 Å². The van der Waals surface area contributed by atoms with E-state index in [-0.39, 0.29) is 5.97 Å². The number of hydrogen-bond acceptors (Lipinski definition) is 2. The van der Waals surface area contributed by atoms with E-state index < -0.39 is 0 Å². The Morgan fingerprint density at radius 1 is 0.800 bits per heavy atom. The normalized spacial score (nSPS) is 11.0. The van der Waals surface area contributed by atoms with Crippen LogP contribution in [0.15, 0.2) is 0 Å². The van der Waals surface area contributed by atoms with Crippen molar-refractivity contribution in [2.45, 2.75) is 97.8 Å². The lowest BCUT2D eigenvalue weighted by Crippen LogP contribution is -2.12. The van der Waals surface area contributed by atoms with E-state index >= 15 is 0 Å². The summed E-state index contributed by atoms with van der Waals surface area (Å²) < 4.78 is 5.22. The van der Waals surface area contributed by atoms with E-state index in [2.05, 4.69) is 13.8 Å². The maximum atomic E-state index is 11.0. The van der Waals surface area contributed by atoms with Crippen LogP contribution < -0.4 is 0 Å². The van der Waals surface area contributed by atoms with Gasteiger partial charge in [0.25, 0.3) is 0 Å². The Morgan fingerprint density at radius 2 is 1.25 bits per heavy atom. The predicted octanol–water partition coefficient (Wildman–Crippen LogP) is 5.89. The standard InChI is InChI=1S/C18H36O2/c1-4-6-8-10-12-14-18(16-20-17(3)19)15-13-11-9-7-5-2/h18H,4-16H2,1-3H3. The molecule has 0 aliphatic heterocycles. The second kappa shape index (κ2) is 14.9. The summed E-state index contributed by atoms with van der Waals surface area (Å²) in [5, 5.41) is 0. The summed E-state index contributed by atoms with van der Waals surface area (Å²) in [7, 11) is 0. The minimum atomic E-state index is -0.132. The van der Waals surface area contributed by atoms with Crippen molar-refractivity contribution < 1.29 is 9.53 Å². The summed E-state index contributed by atoms with van der Waals surface area (Å²) in [6.07, 6.45) is 15.7. The molecule has 0 aromatic heterocycles. The lowest BCUT2D eigenvalue weighted by atomic mass is 9.95. The lowest BCUT2D eigenvalue weighted by Gasteiger charge is -2.16. The third kappa shape index (κ3) is 13.9. The molecule has 0 amide bonds. The largest absolute Gasteiger partial charge is 0.466 e. The second-order valence-corrected chi connectivity index (χ2v) is 6.07. The first-order valence-electron chi connectivity index (χ1n) is 8.84. The number of carbonyl (C=O) groups is 1. The van der Waals surface area contributed by atoms with Crippen molar-refractivity contribution in [3.63, 3.8) is 0 Å². The molecule has 0 bridgehead atoms. The maximum Gasteiger partial charge on any atom is 0.302 e. The molecule has 0 aromatic rings. The van der Waals surface area contributed by atoms with Crippen LogP contribution in [0.25, 0.3) is 0 Å². The van der Waals surface area contributed by atoms with Gasteiger partial charge in [-0.3, -0.25) is 4.79 Å². The number of esters is 1. The van der Waals surface area contributed by atoms with Gasteiger partial charge in [-0.05, 0) is 18.8 Å². The van der Waals surface area contributed by atoms with Gasteiger partial charge in [-0.2, -0.15) is 0 Å². The van der Waals surface area contributed by atoms with E-state index in [9.17, 15) is 4.79 Å². The summed E-state index contributed by atoms with van der Waals surface area (Å²) >= 11 is 0. The summed E-state index contributed by atoms with van der Waals surface area (Å²) in [5.74, 6) is 0.453. The number of carbonyl (C=O) groups excluding carboxylic acids is 1. The zero-order valence-electron chi connectivity index (χ0n) is 14.1. The van der Waals surface area contributed by atoms with Gasteiger partial charge >= 0.3 is 5.97 Å². The van der Waals surface area contributed by atoms with E-state index in [1.807, 2.05) is 0 Å². The minimum absolute atomic E-state index is 0.132. The molecule has 120 valence electrons. The third-order valence-corrected chi connectivity index (χ3v) is 3.95. The van der Waals surface area contributed by atoms with Crippen LogP contribution in [0.4, 0.5) is 0 Å². The topological polar surface area (TPSA) is 26.3 Å². The maximum absolute atomic E-state index is 11.0. The Bertz CT molecular complexity index is 199. The first-order valence-corrected chi connectivity index (χ1v) is 8.84. The highest BCUT2D eigenvalue weighted by Crippen LogP contribution is 2.19. The van der Waals surface area contributed by atoms with E-state index in [0.717, 1.165) is 0 Å². The van der Waals surface area contributed by atoms with Gasteiger partial charge in [0.15, 0.2) is 0 Å². The van der Waals surface area contributed by atoms with Gasteiger partial charge in [0, 0.05) is 6.92 Å². The fourth-order valence-electron chi connectivity index (χ4n) is 2.62. The molecular weight excluding hydrogens is 248 g/mol. The van der Waals surface area contributed by atoms with Crippen molar-refractivity contribution in [2.75, 3.05) is 6.61 Å². The van der Waals surface area contributed by atoms with Gasteiger partial charge in [0.1, 0.15) is 0 Å². The zero-order chi connectivity index (χ0) is 15.1. The molecule has 0 heterocycles. The number of ether oxygens (including phenoxy) is 1. The van der Waals surface area contributed by atoms with Crippen molar-refractivity contribution in [3.8, 4) is 0 Å². The van der Waals surface area contributed by atoms with Crippen molar-refractivity contribution in [3.05, 3.63) is 0 Å². The molecule has 2 heteroatoms. The fourth-order valence-corrected chi connectivity index (χ4v) is 2.62. The van der Waals surface area contributed by atoms with Gasteiger partial charge in [-0.25, -0.2) is 0 Å². The molecular formula is C18H36O2. The first kappa shape index (κ1) is 19.5. The summed E-state index contributed by atoms with van der Waals surface area (Å²) in [5.41, 5.74) is 0. The molecule has 0 aromatic carbocycles. The molecule has 20 heavy (non-hydrogen) atoms. The average Bonchev–Trinajstić information content (AvgIpc) is 2.43. The SMILES string of the molecule is CCCCCCCC(CCCCCCC)COC(C)=O. The number of unbranched alkanes of at least 4 members (excludes halogenated alkanes) is 8. The Balaban J connectivity index is 3.73. The second-order valence-electron chi connectivity index (χ2n) is 6.07. The Labute approximate surface area is 126 Å². The van der Waals surface area contributed by atoms with Gasteiger partial charge < -0.3 is 4.74 Å². The molecule has 0 fully saturated rings. The van der Waals surface area contributed by atoms with E-state index in [4.69, 9.17) is 4.74 Å². The Hall–Kier alpha value is -0.530. The highest BCUT2D eigenvalue weighted by atomic mass is 16.5. The number of rotatable bonds is 14. The van der Waals surface area contributed by atoms with E-state index in [1.165, 1.54) is 84.0 Å². The molecule has 0 N–H and O–H groups in total. The first-order chi connectivity index (χ1) is 9.70. The summed E-state index contributed by atoms with van der Waals surface area (Å²) in [6, 6.07) is 0. The highest BCUT2D eigenvalue weighted by molar-refractivity contribution is 5.65. The smallest absolute Gasteiger partial charge is 0.302 e. The van der Waals surface area contributed by atoms with Gasteiger partial charge in [0.05, 0.1) is 6.61 Å². The monoisotopic (exact) mass is 284 g/mol. The Kier molecular flexibility index (Phi) is 14.5. The van der Waals surface area contributed by atoms with Gasteiger partial charge in [-0.15, -0.1) is 0 Å². The van der Waals surface area contributed by atoms with Crippen LogP contribution in [0.1, 0.15) is 97.8 Å². The highest BCUT2D eigenvalue weighted by Gasteiger charge is 2.10. The molecule has 0 aliphatic carbocycles. The van der Waals surface area contributed by atoms with Crippen LogP contribution in [0.5, 0.6) is 0 Å². The van der Waals surface area contributed by atoms with Crippen LogP contribution in [0.3, 0.4) is 0 Å². The molecule has 0 saturated carbocycles. The molecule has 0 radical (unpaired) electrons. The van der Waals surface area contributed by atoms with Crippen molar-refractivity contribution in [1.82, 2.24) is 0 Å². The van der Waals surface area contributed by atoms with Crippen LogP contribution in [0, 0.1) is 5.92 Å². The van der Waals surface area contributed by atoms with Crippen LogP contribution in [-0.2, 0) is 9.53 Å². The third-order valence-electron chi connectivity index (χ3n) is 3.95. The molecule has 0 aliphatic rings. The van der Waals surface area contributed by atoms with Crippen LogP contribution in [0.2, 0.25) is 0 Å². The minimum Gasteiger partial charge on any atom is -0.466 e. The van der Waals surface area contributed by atoms with Crippen molar-refractivity contribution in [2.24, 2.45) is 5.92 Å². The summed E-state index contributed by atoms with van der Waals surface area (Å²) in [6.45, 7) is 6.65. The van der Waals surface area contributed by atoms with E-state index in [1.54, 1.807) is 0 Å². The Morgan fingerprint density at radius 3 is 1.65 bits per heavy atom. The molecule has 0 atom stereocenters. The lowest BCUT2D eigenvalue weighted by molar-refractivity contribution is -0.142. The quantitative estimate of drug-likeness (QED) is 0.294. The molecule has 2 nitrogen and oxygen atoms in total. The molecule has 0 unspecified atom stereocenters. The van der Waals surface area contributed by atoms with Crippen molar-refractivity contribution in [1.29, 1.82) is 0 Å². The average molecular weight is 284 g/mol. The molecule has 0 rings (SSSR count). The zero-order valence-corrected chi connectivity index (χ0v) is 14.1. The number of hydrogen-bond donors (Lipinski definition) is 0. The molecule has 0 spiro atoms. The van der Waals surface area contributed by atoms with Crippen molar-refractivity contribution >= 4 is 5.97 Å². The van der Waals surface area contributed by atoms with Crippen LogP contribution >= 0.6 is 0 Å². The summed E-state index contributed by atoms with van der Waals surface area (Å²) in [4.78, 5) is 11.0. The predicted molar refractivity (Wildman–Crippen MR) is 86.9 cm³/mol. The van der Waals surface area contributed by atoms with Crippen LogP contribution in [-0.4, -0.2) is 12.6 Å². The molecule has 0 saturated heterocycles.